The average molecular weight is 317 g/mol. The SMILES string of the molecule is O=C(NCc1cccc(O)c1)NC1CCN(C(=O)C2CC2)CC1. The quantitative estimate of drug-likeness (QED) is 0.789. The van der Waals surface area contributed by atoms with Crippen LogP contribution in [0.25, 0.3) is 0 Å². The zero-order valence-electron chi connectivity index (χ0n) is 13.1. The Morgan fingerprint density at radius 3 is 2.57 bits per heavy atom. The van der Waals surface area contributed by atoms with Gasteiger partial charge in [-0.1, -0.05) is 12.1 Å². The third kappa shape index (κ3) is 4.37. The molecule has 2 aliphatic rings. The van der Waals surface area contributed by atoms with Crippen molar-refractivity contribution in [1.82, 2.24) is 15.5 Å². The molecular formula is C17H23N3O3. The summed E-state index contributed by atoms with van der Waals surface area (Å²) in [5, 5.41) is 15.1. The average Bonchev–Trinajstić information content (AvgIpc) is 3.38. The van der Waals surface area contributed by atoms with E-state index in [-0.39, 0.29) is 29.6 Å². The number of phenols is 1. The molecule has 1 heterocycles. The lowest BCUT2D eigenvalue weighted by molar-refractivity contribution is -0.133. The number of phenolic OH excluding ortho intramolecular Hbond substituents is 1. The molecule has 0 bridgehead atoms. The fraction of sp³-hybridized carbons (Fsp3) is 0.529. The van der Waals surface area contributed by atoms with E-state index in [1.54, 1.807) is 18.2 Å². The summed E-state index contributed by atoms with van der Waals surface area (Å²) in [6.45, 7) is 1.83. The van der Waals surface area contributed by atoms with Gasteiger partial charge in [0.25, 0.3) is 0 Å². The summed E-state index contributed by atoms with van der Waals surface area (Å²) in [5.41, 5.74) is 0.852. The largest absolute Gasteiger partial charge is 0.508 e. The smallest absolute Gasteiger partial charge is 0.315 e. The van der Waals surface area contributed by atoms with Crippen molar-refractivity contribution in [3.05, 3.63) is 29.8 Å². The van der Waals surface area contributed by atoms with Crippen LogP contribution in [0.15, 0.2) is 24.3 Å². The molecule has 1 aliphatic heterocycles. The van der Waals surface area contributed by atoms with Crippen LogP contribution in [-0.2, 0) is 11.3 Å². The van der Waals surface area contributed by atoms with Crippen molar-refractivity contribution in [3.63, 3.8) is 0 Å². The van der Waals surface area contributed by atoms with E-state index in [2.05, 4.69) is 10.6 Å². The summed E-state index contributed by atoms with van der Waals surface area (Å²) in [5.74, 6) is 0.749. The van der Waals surface area contributed by atoms with Gasteiger partial charge < -0.3 is 20.6 Å². The first-order valence-electron chi connectivity index (χ1n) is 8.23. The normalized spacial score (nSPS) is 18.5. The molecule has 0 atom stereocenters. The number of hydrogen-bond acceptors (Lipinski definition) is 3. The van der Waals surface area contributed by atoms with E-state index < -0.39 is 0 Å². The zero-order valence-corrected chi connectivity index (χ0v) is 13.1. The Bertz CT molecular complexity index is 578. The first-order valence-corrected chi connectivity index (χ1v) is 8.23. The van der Waals surface area contributed by atoms with Crippen LogP contribution in [0.2, 0.25) is 0 Å². The standard InChI is InChI=1S/C17H23N3O3/c21-15-3-1-2-12(10-15)11-18-17(23)19-14-6-8-20(9-7-14)16(22)13-4-5-13/h1-3,10,13-14,21H,4-9,11H2,(H2,18,19,23). The van der Waals surface area contributed by atoms with E-state index in [0.29, 0.717) is 6.54 Å². The summed E-state index contributed by atoms with van der Waals surface area (Å²) >= 11 is 0. The van der Waals surface area contributed by atoms with Gasteiger partial charge in [-0.3, -0.25) is 4.79 Å². The van der Waals surface area contributed by atoms with Gasteiger partial charge in [-0.2, -0.15) is 0 Å². The minimum absolute atomic E-state index is 0.113. The Hall–Kier alpha value is -2.24. The molecule has 1 saturated heterocycles. The Morgan fingerprint density at radius 2 is 1.91 bits per heavy atom. The lowest BCUT2D eigenvalue weighted by Gasteiger charge is -2.32. The number of hydrogen-bond donors (Lipinski definition) is 3. The summed E-state index contributed by atoms with van der Waals surface area (Å²) in [6.07, 6.45) is 3.68. The zero-order chi connectivity index (χ0) is 16.2. The van der Waals surface area contributed by atoms with Gasteiger partial charge in [0.15, 0.2) is 0 Å². The molecule has 1 aromatic rings. The maximum absolute atomic E-state index is 12.0. The van der Waals surface area contributed by atoms with Crippen molar-refractivity contribution in [2.45, 2.75) is 38.3 Å². The lowest BCUT2D eigenvalue weighted by Crippen LogP contribution is -2.49. The Morgan fingerprint density at radius 1 is 1.17 bits per heavy atom. The second kappa shape index (κ2) is 6.89. The van der Waals surface area contributed by atoms with Gasteiger partial charge in [0.1, 0.15) is 5.75 Å². The van der Waals surface area contributed by atoms with E-state index in [1.165, 1.54) is 0 Å². The highest BCUT2D eigenvalue weighted by atomic mass is 16.3. The van der Waals surface area contributed by atoms with Gasteiger partial charge in [-0.25, -0.2) is 4.79 Å². The van der Waals surface area contributed by atoms with Crippen LogP contribution in [0.4, 0.5) is 4.79 Å². The molecule has 0 radical (unpaired) electrons. The molecule has 6 heteroatoms. The molecule has 1 aliphatic carbocycles. The maximum atomic E-state index is 12.0. The summed E-state index contributed by atoms with van der Waals surface area (Å²) in [7, 11) is 0. The predicted molar refractivity (Wildman–Crippen MR) is 85.8 cm³/mol. The molecule has 2 fully saturated rings. The molecule has 3 rings (SSSR count). The van der Waals surface area contributed by atoms with Crippen LogP contribution in [0.3, 0.4) is 0 Å². The summed E-state index contributed by atoms with van der Waals surface area (Å²) in [6, 6.07) is 6.73. The highest BCUT2D eigenvalue weighted by Gasteiger charge is 2.35. The van der Waals surface area contributed by atoms with Gasteiger partial charge in [0.05, 0.1) is 0 Å². The number of rotatable bonds is 4. The van der Waals surface area contributed by atoms with Crippen LogP contribution in [0, 0.1) is 5.92 Å². The molecule has 1 aromatic carbocycles. The Kier molecular flexibility index (Phi) is 4.69. The monoisotopic (exact) mass is 317 g/mol. The first kappa shape index (κ1) is 15.6. The Balaban J connectivity index is 1.38. The molecule has 1 saturated carbocycles. The van der Waals surface area contributed by atoms with Crippen LogP contribution < -0.4 is 10.6 Å². The van der Waals surface area contributed by atoms with Crippen molar-refractivity contribution >= 4 is 11.9 Å². The van der Waals surface area contributed by atoms with Gasteiger partial charge in [0.2, 0.25) is 5.91 Å². The number of nitrogens with one attached hydrogen (secondary N) is 2. The molecule has 124 valence electrons. The van der Waals surface area contributed by atoms with E-state index in [1.807, 2.05) is 11.0 Å². The fourth-order valence-electron chi connectivity index (χ4n) is 2.92. The number of likely N-dealkylation sites (tertiary alicyclic amines) is 1. The maximum Gasteiger partial charge on any atom is 0.315 e. The van der Waals surface area contributed by atoms with Crippen molar-refractivity contribution in [1.29, 1.82) is 0 Å². The number of benzene rings is 1. The highest BCUT2D eigenvalue weighted by molar-refractivity contribution is 5.81. The highest BCUT2D eigenvalue weighted by Crippen LogP contribution is 2.31. The number of aromatic hydroxyl groups is 1. The fourth-order valence-corrected chi connectivity index (χ4v) is 2.92. The van der Waals surface area contributed by atoms with Crippen molar-refractivity contribution in [2.75, 3.05) is 13.1 Å². The molecule has 0 unspecified atom stereocenters. The number of piperidine rings is 1. The molecule has 3 amide bonds. The second-order valence-corrected chi connectivity index (χ2v) is 6.37. The van der Waals surface area contributed by atoms with Crippen molar-refractivity contribution < 1.29 is 14.7 Å². The van der Waals surface area contributed by atoms with Crippen molar-refractivity contribution in [2.24, 2.45) is 5.92 Å². The Labute approximate surface area is 135 Å². The molecule has 23 heavy (non-hydrogen) atoms. The van der Waals surface area contributed by atoms with Crippen LogP contribution in [0.1, 0.15) is 31.2 Å². The molecule has 0 aromatic heterocycles. The number of carbonyl (C=O) groups excluding carboxylic acids is 2. The second-order valence-electron chi connectivity index (χ2n) is 6.37. The minimum Gasteiger partial charge on any atom is -0.508 e. The first-order chi connectivity index (χ1) is 11.1. The van der Waals surface area contributed by atoms with E-state index >= 15 is 0 Å². The number of nitrogens with zero attached hydrogens (tertiary/aromatic N) is 1. The van der Waals surface area contributed by atoms with Gasteiger partial charge in [-0.15, -0.1) is 0 Å². The number of amides is 3. The third-order valence-electron chi connectivity index (χ3n) is 4.43. The molecular weight excluding hydrogens is 294 g/mol. The molecule has 6 nitrogen and oxygen atoms in total. The van der Waals surface area contributed by atoms with Gasteiger partial charge in [-0.05, 0) is 43.4 Å². The third-order valence-corrected chi connectivity index (χ3v) is 4.43. The summed E-state index contributed by atoms with van der Waals surface area (Å²) in [4.78, 5) is 25.9. The topological polar surface area (TPSA) is 81.7 Å². The lowest BCUT2D eigenvalue weighted by atomic mass is 10.0. The predicted octanol–water partition coefficient (Wildman–Crippen LogP) is 1.59. The van der Waals surface area contributed by atoms with Crippen LogP contribution in [0.5, 0.6) is 5.75 Å². The number of carbonyl (C=O) groups is 2. The van der Waals surface area contributed by atoms with Crippen LogP contribution in [-0.4, -0.2) is 41.1 Å². The summed E-state index contributed by atoms with van der Waals surface area (Å²) < 4.78 is 0. The van der Waals surface area contributed by atoms with E-state index in [0.717, 1.165) is 44.3 Å². The minimum atomic E-state index is -0.208. The van der Waals surface area contributed by atoms with Gasteiger partial charge >= 0.3 is 6.03 Å². The van der Waals surface area contributed by atoms with Gasteiger partial charge in [0, 0.05) is 31.6 Å². The number of urea groups is 1. The molecule has 3 N–H and O–H groups in total. The van der Waals surface area contributed by atoms with E-state index in [9.17, 15) is 14.7 Å². The van der Waals surface area contributed by atoms with E-state index in [4.69, 9.17) is 0 Å². The van der Waals surface area contributed by atoms with Crippen LogP contribution >= 0.6 is 0 Å². The van der Waals surface area contributed by atoms with Crippen molar-refractivity contribution in [3.8, 4) is 5.75 Å². The molecule has 0 spiro atoms.